The van der Waals surface area contributed by atoms with Crippen LogP contribution in [0.25, 0.3) is 0 Å². The van der Waals surface area contributed by atoms with Crippen LogP contribution in [0, 0.1) is 11.7 Å². The molecule has 0 radical (unpaired) electrons. The van der Waals surface area contributed by atoms with Crippen LogP contribution >= 0.6 is 0 Å². The largest absolute Gasteiger partial charge is 0.325 e. The maximum absolute atomic E-state index is 13.2. The van der Waals surface area contributed by atoms with E-state index in [-0.39, 0.29) is 12.3 Å². The van der Waals surface area contributed by atoms with E-state index in [0.29, 0.717) is 36.4 Å². The first-order valence-corrected chi connectivity index (χ1v) is 8.74. The third kappa shape index (κ3) is 3.30. The van der Waals surface area contributed by atoms with E-state index in [1.54, 1.807) is 12.1 Å². The highest BCUT2D eigenvalue weighted by Crippen LogP contribution is 2.36. The lowest BCUT2D eigenvalue weighted by molar-refractivity contribution is -0.135. The van der Waals surface area contributed by atoms with Gasteiger partial charge in [-0.2, -0.15) is 0 Å². The van der Waals surface area contributed by atoms with Gasteiger partial charge in [0.15, 0.2) is 0 Å². The van der Waals surface area contributed by atoms with Crippen molar-refractivity contribution in [2.75, 3.05) is 26.4 Å². The van der Waals surface area contributed by atoms with Crippen molar-refractivity contribution in [3.63, 3.8) is 0 Å². The molecule has 26 heavy (non-hydrogen) atoms. The van der Waals surface area contributed by atoms with E-state index < -0.39 is 42.7 Å². The minimum atomic E-state index is -1.42. The van der Waals surface area contributed by atoms with E-state index in [0.717, 1.165) is 0 Å². The zero-order chi connectivity index (χ0) is 18.7. The smallest absolute Gasteiger partial charge is 0.322 e. The molecular formula is C18H22F3N3O2. The molecule has 142 valence electrons. The number of benzene rings is 1. The van der Waals surface area contributed by atoms with Gasteiger partial charge in [-0.05, 0) is 49.5 Å². The number of carbonyl (C=O) groups excluding carboxylic acids is 2. The molecule has 0 aromatic heterocycles. The van der Waals surface area contributed by atoms with E-state index in [2.05, 4.69) is 10.6 Å². The molecule has 2 fully saturated rings. The lowest BCUT2D eigenvalue weighted by Crippen LogP contribution is -2.57. The molecule has 1 aromatic rings. The zero-order valence-electron chi connectivity index (χ0n) is 14.3. The highest BCUT2D eigenvalue weighted by atomic mass is 19.1. The number of imide groups is 1. The molecule has 2 aliphatic heterocycles. The summed E-state index contributed by atoms with van der Waals surface area (Å²) in [5.41, 5.74) is -0.586. The number of hydrogen-bond donors (Lipinski definition) is 2. The average molecular weight is 369 g/mol. The van der Waals surface area contributed by atoms with Gasteiger partial charge in [-0.15, -0.1) is 0 Å². The number of nitrogens with zero attached hydrogens (tertiary/aromatic N) is 1. The predicted molar refractivity (Wildman–Crippen MR) is 89.5 cm³/mol. The molecule has 3 amide bonds. The summed E-state index contributed by atoms with van der Waals surface area (Å²) in [7, 11) is 0. The third-order valence-electron chi connectivity index (χ3n) is 5.30. The summed E-state index contributed by atoms with van der Waals surface area (Å²) in [6.07, 6.45) is 1.46. The van der Waals surface area contributed by atoms with Crippen molar-refractivity contribution in [1.82, 2.24) is 15.5 Å². The van der Waals surface area contributed by atoms with Crippen LogP contribution in [0.3, 0.4) is 0 Å². The number of alkyl halides is 2. The number of urea groups is 1. The van der Waals surface area contributed by atoms with Gasteiger partial charge in [0.25, 0.3) is 5.91 Å². The Balaban J connectivity index is 1.96. The summed E-state index contributed by atoms with van der Waals surface area (Å²) >= 11 is 0. The topological polar surface area (TPSA) is 61.4 Å². The summed E-state index contributed by atoms with van der Waals surface area (Å²) in [5, 5.41) is 5.93. The summed E-state index contributed by atoms with van der Waals surface area (Å²) < 4.78 is 39.5. The van der Waals surface area contributed by atoms with Gasteiger partial charge in [0, 0.05) is 6.42 Å². The first kappa shape index (κ1) is 18.7. The Hall–Kier alpha value is -2.09. The Morgan fingerprint density at radius 1 is 1.12 bits per heavy atom. The maximum Gasteiger partial charge on any atom is 0.325 e. The highest BCUT2D eigenvalue weighted by molar-refractivity contribution is 6.07. The number of nitrogens with one attached hydrogen (secondary N) is 2. The Bertz CT molecular complexity index is 660. The van der Waals surface area contributed by atoms with E-state index in [1.807, 2.05) is 0 Å². The van der Waals surface area contributed by atoms with Crippen LogP contribution in [-0.4, -0.2) is 54.9 Å². The van der Waals surface area contributed by atoms with Gasteiger partial charge >= 0.3 is 6.03 Å². The maximum atomic E-state index is 13.2. The molecule has 5 nitrogen and oxygen atoms in total. The quantitative estimate of drug-likeness (QED) is 0.754. The van der Waals surface area contributed by atoms with Gasteiger partial charge in [-0.3, -0.25) is 9.69 Å². The molecule has 2 saturated heterocycles. The van der Waals surface area contributed by atoms with Gasteiger partial charge in [0.05, 0.1) is 6.04 Å². The van der Waals surface area contributed by atoms with Crippen LogP contribution in [0.1, 0.15) is 18.4 Å². The molecule has 1 atom stereocenters. The van der Waals surface area contributed by atoms with Crippen molar-refractivity contribution < 1.29 is 22.8 Å². The van der Waals surface area contributed by atoms with Crippen molar-refractivity contribution in [2.24, 2.45) is 5.92 Å². The summed E-state index contributed by atoms with van der Waals surface area (Å²) in [6, 6.07) is 3.51. The number of halogens is 3. The molecule has 0 bridgehead atoms. The van der Waals surface area contributed by atoms with Crippen LogP contribution < -0.4 is 10.6 Å². The van der Waals surface area contributed by atoms with Gasteiger partial charge in [0.1, 0.15) is 24.7 Å². The van der Waals surface area contributed by atoms with E-state index in [9.17, 15) is 22.8 Å². The molecule has 2 N–H and O–H groups in total. The average Bonchev–Trinajstić information content (AvgIpc) is 2.91. The normalized spacial score (nSPS) is 24.4. The van der Waals surface area contributed by atoms with Crippen LogP contribution in [0.2, 0.25) is 0 Å². The number of piperidine rings is 1. The fourth-order valence-corrected chi connectivity index (χ4v) is 3.90. The number of amides is 3. The highest BCUT2D eigenvalue weighted by Gasteiger charge is 2.57. The second-order valence-corrected chi connectivity index (χ2v) is 6.87. The molecule has 2 heterocycles. The van der Waals surface area contributed by atoms with E-state index in [4.69, 9.17) is 0 Å². The second kappa shape index (κ2) is 7.65. The van der Waals surface area contributed by atoms with Crippen molar-refractivity contribution in [2.45, 2.75) is 30.8 Å². The molecule has 1 unspecified atom stereocenters. The number of hydrogen-bond acceptors (Lipinski definition) is 3. The summed E-state index contributed by atoms with van der Waals surface area (Å²) in [6.45, 7) is -0.883. The summed E-state index contributed by atoms with van der Waals surface area (Å²) in [4.78, 5) is 26.3. The molecule has 0 aliphatic carbocycles. The van der Waals surface area contributed by atoms with Gasteiger partial charge in [-0.1, -0.05) is 12.1 Å². The molecule has 2 aliphatic rings. The standard InChI is InChI=1S/C18H22F3N3O2/c19-10-15(11-20)24-16(25)18(23-17(24)26,13-5-7-22-8-6-13)9-12-1-3-14(21)4-2-12/h1-4,13,15,22H,5-11H2,(H,23,26). The molecule has 3 rings (SSSR count). The minimum Gasteiger partial charge on any atom is -0.322 e. The first-order chi connectivity index (χ1) is 12.5. The SMILES string of the molecule is O=C1NC(Cc2ccc(F)cc2)(C2CCNCC2)C(=O)N1C(CF)CF. The lowest BCUT2D eigenvalue weighted by Gasteiger charge is -2.38. The van der Waals surface area contributed by atoms with Crippen molar-refractivity contribution in [3.05, 3.63) is 35.6 Å². The van der Waals surface area contributed by atoms with Gasteiger partial charge < -0.3 is 10.6 Å². The van der Waals surface area contributed by atoms with E-state index >= 15 is 0 Å². The van der Waals surface area contributed by atoms with Crippen LogP contribution in [0.4, 0.5) is 18.0 Å². The molecule has 0 saturated carbocycles. The zero-order valence-corrected chi connectivity index (χ0v) is 14.3. The van der Waals surface area contributed by atoms with Gasteiger partial charge in [-0.25, -0.2) is 18.0 Å². The second-order valence-electron chi connectivity index (χ2n) is 6.87. The lowest BCUT2D eigenvalue weighted by atomic mass is 9.74. The van der Waals surface area contributed by atoms with Crippen LogP contribution in [0.15, 0.2) is 24.3 Å². The predicted octanol–water partition coefficient (Wildman–Crippen LogP) is 1.97. The van der Waals surface area contributed by atoms with Crippen molar-refractivity contribution >= 4 is 11.9 Å². The molecule has 1 aromatic carbocycles. The van der Waals surface area contributed by atoms with Crippen LogP contribution in [-0.2, 0) is 11.2 Å². The molecular weight excluding hydrogens is 347 g/mol. The number of rotatable bonds is 6. The Kier molecular flexibility index (Phi) is 5.50. The Morgan fingerprint density at radius 3 is 2.31 bits per heavy atom. The Morgan fingerprint density at radius 2 is 1.73 bits per heavy atom. The molecule has 8 heteroatoms. The first-order valence-electron chi connectivity index (χ1n) is 8.74. The summed E-state index contributed by atoms with van der Waals surface area (Å²) in [5.74, 6) is -1.17. The monoisotopic (exact) mass is 369 g/mol. The van der Waals surface area contributed by atoms with E-state index in [1.165, 1.54) is 12.1 Å². The van der Waals surface area contributed by atoms with Gasteiger partial charge in [0.2, 0.25) is 0 Å². The third-order valence-corrected chi connectivity index (χ3v) is 5.30. The fourth-order valence-electron chi connectivity index (χ4n) is 3.90. The molecule has 0 spiro atoms. The fraction of sp³-hybridized carbons (Fsp3) is 0.556. The minimum absolute atomic E-state index is 0.157. The number of carbonyl (C=O) groups is 2. The van der Waals surface area contributed by atoms with Crippen LogP contribution in [0.5, 0.6) is 0 Å². The van der Waals surface area contributed by atoms with Crippen molar-refractivity contribution in [3.8, 4) is 0 Å². The van der Waals surface area contributed by atoms with Crippen molar-refractivity contribution in [1.29, 1.82) is 0 Å². The Labute approximate surface area is 149 Å².